The van der Waals surface area contributed by atoms with E-state index in [-0.39, 0.29) is 6.61 Å². The molecule has 1 N–H and O–H groups in total. The van der Waals surface area contributed by atoms with Crippen molar-refractivity contribution in [1.29, 1.82) is 0 Å². The Labute approximate surface area is 113 Å². The predicted molar refractivity (Wildman–Crippen MR) is 80.9 cm³/mol. The fraction of sp³-hybridized carbons (Fsp3) is 0.125. The molecule has 0 aromatic heterocycles. The summed E-state index contributed by atoms with van der Waals surface area (Å²) in [5, 5.41) is 10.8. The summed E-state index contributed by atoms with van der Waals surface area (Å²) in [6.07, 6.45) is 0.303. The minimum absolute atomic E-state index is 0.135. The summed E-state index contributed by atoms with van der Waals surface area (Å²) in [7, 11) is -2.76. The van der Waals surface area contributed by atoms with Gasteiger partial charge in [-0.25, -0.2) is 0 Å². The average Bonchev–Trinajstić information content (AvgIpc) is 2.48. The van der Waals surface area contributed by atoms with E-state index in [1.165, 1.54) is 0 Å². The summed E-state index contributed by atoms with van der Waals surface area (Å²) in [4.78, 5) is 0. The summed E-state index contributed by atoms with van der Waals surface area (Å²) in [5.41, 5.74) is 0.594. The smallest absolute Gasteiger partial charge is 0.147 e. The standard InChI is InChI=1S/C16H17O2P/c1-14(12-17)13-19(18,15-8-4-2-5-9-15)16-10-6-3-7-11-16/h2-11,17H,1,12-13H2. The molecule has 0 atom stereocenters. The monoisotopic (exact) mass is 272 g/mol. The van der Waals surface area contributed by atoms with E-state index in [0.29, 0.717) is 11.7 Å². The van der Waals surface area contributed by atoms with Gasteiger partial charge >= 0.3 is 0 Å². The Morgan fingerprint density at radius 2 is 1.37 bits per heavy atom. The minimum atomic E-state index is -2.76. The van der Waals surface area contributed by atoms with Crippen LogP contribution in [0.1, 0.15) is 0 Å². The van der Waals surface area contributed by atoms with Crippen LogP contribution in [0.4, 0.5) is 0 Å². The third kappa shape index (κ3) is 3.04. The predicted octanol–water partition coefficient (Wildman–Crippen LogP) is 2.55. The van der Waals surface area contributed by atoms with Crippen molar-refractivity contribution in [3.8, 4) is 0 Å². The first-order valence-electron chi connectivity index (χ1n) is 6.14. The van der Waals surface area contributed by atoms with Crippen LogP contribution in [0.5, 0.6) is 0 Å². The lowest BCUT2D eigenvalue weighted by molar-refractivity contribution is 0.332. The fourth-order valence-corrected chi connectivity index (χ4v) is 4.73. The Bertz CT molecular complexity index is 547. The topological polar surface area (TPSA) is 37.3 Å². The lowest BCUT2D eigenvalue weighted by Gasteiger charge is -2.19. The molecule has 0 aliphatic heterocycles. The van der Waals surface area contributed by atoms with Crippen molar-refractivity contribution in [2.75, 3.05) is 12.8 Å². The Hall–Kier alpha value is -1.63. The van der Waals surface area contributed by atoms with Crippen molar-refractivity contribution in [3.63, 3.8) is 0 Å². The van der Waals surface area contributed by atoms with Crippen LogP contribution in [0, 0.1) is 0 Å². The highest BCUT2D eigenvalue weighted by Crippen LogP contribution is 2.44. The second kappa shape index (κ2) is 6.01. The van der Waals surface area contributed by atoms with E-state index in [2.05, 4.69) is 6.58 Å². The molecule has 0 spiro atoms. The van der Waals surface area contributed by atoms with Crippen molar-refractivity contribution < 1.29 is 9.67 Å². The van der Waals surface area contributed by atoms with Gasteiger partial charge in [-0.3, -0.25) is 0 Å². The summed E-state index contributed by atoms with van der Waals surface area (Å²) in [6.45, 7) is 3.65. The van der Waals surface area contributed by atoms with Gasteiger partial charge in [-0.2, -0.15) is 0 Å². The van der Waals surface area contributed by atoms with Crippen molar-refractivity contribution in [2.24, 2.45) is 0 Å². The highest BCUT2D eigenvalue weighted by Gasteiger charge is 2.27. The van der Waals surface area contributed by atoms with E-state index >= 15 is 0 Å². The first kappa shape index (κ1) is 13.8. The van der Waals surface area contributed by atoms with Gasteiger partial charge in [0.1, 0.15) is 7.14 Å². The summed E-state index contributed by atoms with van der Waals surface area (Å²) < 4.78 is 13.4. The van der Waals surface area contributed by atoms with Crippen molar-refractivity contribution in [2.45, 2.75) is 0 Å². The molecule has 2 rings (SSSR count). The lowest BCUT2D eigenvalue weighted by atomic mass is 10.4. The molecule has 2 nitrogen and oxygen atoms in total. The van der Waals surface area contributed by atoms with Gasteiger partial charge < -0.3 is 9.67 Å². The molecule has 0 unspecified atom stereocenters. The first-order valence-corrected chi connectivity index (χ1v) is 8.04. The van der Waals surface area contributed by atoms with Crippen LogP contribution < -0.4 is 10.6 Å². The van der Waals surface area contributed by atoms with Crippen LogP contribution in [0.2, 0.25) is 0 Å². The maximum Gasteiger partial charge on any atom is 0.147 e. The molecule has 0 aliphatic carbocycles. The van der Waals surface area contributed by atoms with E-state index < -0.39 is 7.14 Å². The molecule has 2 aromatic rings. The van der Waals surface area contributed by atoms with E-state index in [0.717, 1.165) is 10.6 Å². The molecule has 0 fully saturated rings. The molecule has 2 aromatic carbocycles. The van der Waals surface area contributed by atoms with Crippen LogP contribution in [-0.2, 0) is 4.57 Å². The maximum atomic E-state index is 13.4. The van der Waals surface area contributed by atoms with E-state index in [1.54, 1.807) is 0 Å². The Balaban J connectivity index is 2.51. The zero-order valence-electron chi connectivity index (χ0n) is 10.7. The molecule has 0 saturated carbocycles. The van der Waals surface area contributed by atoms with Crippen molar-refractivity contribution in [3.05, 3.63) is 72.8 Å². The van der Waals surface area contributed by atoms with Gasteiger partial charge in [0.2, 0.25) is 0 Å². The normalized spacial score (nSPS) is 11.2. The molecular weight excluding hydrogens is 255 g/mol. The second-order valence-corrected chi connectivity index (χ2v) is 7.31. The molecule has 19 heavy (non-hydrogen) atoms. The van der Waals surface area contributed by atoms with Crippen LogP contribution >= 0.6 is 7.14 Å². The maximum absolute atomic E-state index is 13.4. The number of aliphatic hydroxyl groups is 1. The van der Waals surface area contributed by atoms with Gasteiger partial charge in [0.05, 0.1) is 6.61 Å². The number of rotatable bonds is 5. The van der Waals surface area contributed by atoms with E-state index in [1.807, 2.05) is 60.7 Å². The van der Waals surface area contributed by atoms with Gasteiger partial charge in [0.15, 0.2) is 0 Å². The average molecular weight is 272 g/mol. The molecule has 0 aliphatic rings. The molecular formula is C16H17O2P. The number of aliphatic hydroxyl groups excluding tert-OH is 1. The van der Waals surface area contributed by atoms with Crippen LogP contribution in [0.3, 0.4) is 0 Å². The third-order valence-corrected chi connectivity index (χ3v) is 6.17. The van der Waals surface area contributed by atoms with Crippen molar-refractivity contribution in [1.82, 2.24) is 0 Å². The van der Waals surface area contributed by atoms with Gasteiger partial charge in [-0.05, 0) is 5.57 Å². The van der Waals surface area contributed by atoms with Gasteiger partial charge in [0.25, 0.3) is 0 Å². The van der Waals surface area contributed by atoms with E-state index in [4.69, 9.17) is 0 Å². The lowest BCUT2D eigenvalue weighted by Crippen LogP contribution is -2.19. The summed E-state index contributed by atoms with van der Waals surface area (Å²) >= 11 is 0. The molecule has 3 heteroatoms. The van der Waals surface area contributed by atoms with Gasteiger partial charge in [-0.1, -0.05) is 67.2 Å². The molecule has 0 radical (unpaired) electrons. The van der Waals surface area contributed by atoms with E-state index in [9.17, 15) is 9.67 Å². The third-order valence-electron chi connectivity index (χ3n) is 3.02. The number of hydrogen-bond acceptors (Lipinski definition) is 2. The zero-order chi connectivity index (χ0) is 13.7. The fourth-order valence-electron chi connectivity index (χ4n) is 2.03. The summed E-state index contributed by atoms with van der Waals surface area (Å²) in [6, 6.07) is 18.8. The second-order valence-electron chi connectivity index (χ2n) is 4.48. The number of hydrogen-bond donors (Lipinski definition) is 1. The quantitative estimate of drug-likeness (QED) is 0.671. The van der Waals surface area contributed by atoms with Gasteiger partial charge in [-0.15, -0.1) is 0 Å². The van der Waals surface area contributed by atoms with Crippen molar-refractivity contribution >= 4 is 17.8 Å². The molecule has 0 amide bonds. The SMILES string of the molecule is C=C(CO)CP(=O)(c1ccccc1)c1ccccc1. The van der Waals surface area contributed by atoms with Crippen LogP contribution in [-0.4, -0.2) is 17.9 Å². The van der Waals surface area contributed by atoms with Crippen LogP contribution in [0.25, 0.3) is 0 Å². The van der Waals surface area contributed by atoms with Gasteiger partial charge in [0, 0.05) is 16.8 Å². The Morgan fingerprint density at radius 3 is 1.74 bits per heavy atom. The minimum Gasteiger partial charge on any atom is -0.392 e. The molecule has 0 saturated heterocycles. The van der Waals surface area contributed by atoms with Crippen LogP contribution in [0.15, 0.2) is 72.8 Å². The molecule has 98 valence electrons. The highest BCUT2D eigenvalue weighted by molar-refractivity contribution is 7.78. The molecule has 0 heterocycles. The number of benzene rings is 2. The summed E-state index contributed by atoms with van der Waals surface area (Å²) in [5.74, 6) is 0. The molecule has 0 bridgehead atoms. The first-order chi connectivity index (χ1) is 9.16. The zero-order valence-corrected chi connectivity index (χ0v) is 11.6. The Morgan fingerprint density at radius 1 is 0.947 bits per heavy atom. The Kier molecular flexibility index (Phi) is 4.36. The largest absolute Gasteiger partial charge is 0.392 e. The highest BCUT2D eigenvalue weighted by atomic mass is 31.2.